The summed E-state index contributed by atoms with van der Waals surface area (Å²) >= 11 is 1.72. The molecule has 2 aliphatic heterocycles. The predicted molar refractivity (Wildman–Crippen MR) is 162 cm³/mol. The number of fused-ring (bicyclic) bond motifs is 2. The summed E-state index contributed by atoms with van der Waals surface area (Å²) in [6.07, 6.45) is -4.71. The lowest BCUT2D eigenvalue weighted by Gasteiger charge is -2.31. The van der Waals surface area contributed by atoms with Crippen LogP contribution in [-0.4, -0.2) is 41.8 Å². The number of benzene rings is 3. The van der Waals surface area contributed by atoms with Crippen LogP contribution in [-0.2, 0) is 27.1 Å². The van der Waals surface area contributed by atoms with Gasteiger partial charge in [-0.3, -0.25) is 23.7 Å². The zero-order valence-electron chi connectivity index (χ0n) is 24.0. The lowest BCUT2D eigenvalue weighted by atomic mass is 9.83. The maximum atomic E-state index is 14.1. The maximum Gasteiger partial charge on any atom is 0.416 e. The Morgan fingerprint density at radius 2 is 1.65 bits per heavy atom. The average Bonchev–Trinajstić information content (AvgIpc) is 3.47. The number of alkyl halides is 3. The molecule has 3 atom stereocenters. The highest BCUT2D eigenvalue weighted by atomic mass is 32.2. The molecule has 1 saturated heterocycles. The Kier molecular flexibility index (Phi) is 8.14. The highest BCUT2D eigenvalue weighted by Crippen LogP contribution is 2.54. The summed E-state index contributed by atoms with van der Waals surface area (Å²) in [6.45, 7) is -0.454. The van der Waals surface area contributed by atoms with Gasteiger partial charge in [0.25, 0.3) is 0 Å². The largest absolute Gasteiger partial charge is 0.493 e. The smallest absolute Gasteiger partial charge is 0.416 e. The van der Waals surface area contributed by atoms with Crippen molar-refractivity contribution in [2.45, 2.75) is 28.9 Å². The first-order valence-electron chi connectivity index (χ1n) is 13.6. The van der Waals surface area contributed by atoms with Crippen molar-refractivity contribution in [1.29, 1.82) is 0 Å². The molecule has 15 heteroatoms. The lowest BCUT2D eigenvalue weighted by molar-refractivity contribution is -0.137. The van der Waals surface area contributed by atoms with Gasteiger partial charge in [-0.25, -0.2) is 9.29 Å². The lowest BCUT2D eigenvalue weighted by Crippen LogP contribution is -2.33. The van der Waals surface area contributed by atoms with E-state index >= 15 is 0 Å². The summed E-state index contributed by atoms with van der Waals surface area (Å²) in [5.41, 5.74) is -0.465. The Balaban J connectivity index is 1.44. The summed E-state index contributed by atoms with van der Waals surface area (Å²) in [5.74, 6) is -3.87. The number of nitrogens with one attached hydrogen (secondary N) is 1. The summed E-state index contributed by atoms with van der Waals surface area (Å²) in [4.78, 5) is 54.9. The molecule has 0 spiro atoms. The van der Waals surface area contributed by atoms with Crippen LogP contribution < -0.4 is 24.6 Å². The number of hydrogen-bond donors (Lipinski definition) is 1. The normalized spacial score (nSPS) is 19.1. The molecule has 46 heavy (non-hydrogen) atoms. The van der Waals surface area contributed by atoms with Crippen LogP contribution in [0.15, 0.2) is 76.6 Å². The zero-order chi connectivity index (χ0) is 32.9. The first kappa shape index (κ1) is 31.4. The molecule has 9 nitrogen and oxygen atoms in total. The number of carbonyl (C=O) groups is 3. The fraction of sp³-hybridized carbons (Fsp3) is 0.226. The molecule has 6 rings (SSSR count). The number of amides is 3. The second-order valence-corrected chi connectivity index (χ2v) is 12.5. The predicted octanol–water partition coefficient (Wildman–Crippen LogP) is 5.52. The fourth-order valence-corrected chi connectivity index (χ4v) is 8.39. The van der Waals surface area contributed by atoms with Crippen molar-refractivity contribution in [3.8, 4) is 11.5 Å². The summed E-state index contributed by atoms with van der Waals surface area (Å²) in [6, 6.07) is 13.9. The molecule has 1 N–H and O–H groups in total. The van der Waals surface area contributed by atoms with Gasteiger partial charge in [-0.15, -0.1) is 0 Å². The minimum atomic E-state index is -4.71. The Morgan fingerprint density at radius 1 is 0.935 bits per heavy atom. The number of carbonyl (C=O) groups excluding carboxylic acids is 3. The van der Waals surface area contributed by atoms with Crippen LogP contribution in [0.3, 0.4) is 0 Å². The van der Waals surface area contributed by atoms with Crippen molar-refractivity contribution in [3.63, 3.8) is 0 Å². The third kappa shape index (κ3) is 5.53. The number of thiazole rings is 1. The number of aromatic nitrogens is 1. The van der Waals surface area contributed by atoms with E-state index in [0.717, 1.165) is 58.3 Å². The Hall–Kier alpha value is -4.63. The molecule has 1 fully saturated rings. The molecule has 3 heterocycles. The quantitative estimate of drug-likeness (QED) is 0.204. The molecule has 3 aromatic carbocycles. The van der Waals surface area contributed by atoms with Crippen molar-refractivity contribution < 1.29 is 41.4 Å². The number of ether oxygens (including phenoxy) is 2. The summed E-state index contributed by atoms with van der Waals surface area (Å²) in [5, 5.41) is 1.74. The highest BCUT2D eigenvalue weighted by molar-refractivity contribution is 8.00. The number of thioether (sulfide) groups is 1. The summed E-state index contributed by atoms with van der Waals surface area (Å²) in [7, 11) is 2.86. The second-order valence-electron chi connectivity index (χ2n) is 10.4. The van der Waals surface area contributed by atoms with Crippen molar-refractivity contribution in [2.24, 2.45) is 5.92 Å². The van der Waals surface area contributed by atoms with Crippen molar-refractivity contribution in [3.05, 3.63) is 98.2 Å². The molecule has 0 unspecified atom stereocenters. The molecule has 2 aliphatic rings. The Bertz CT molecular complexity index is 1920. The molecular formula is C31H23F4N3O6S2. The van der Waals surface area contributed by atoms with Crippen LogP contribution in [0.25, 0.3) is 0 Å². The van der Waals surface area contributed by atoms with E-state index in [1.165, 1.54) is 37.0 Å². The molecule has 3 amide bonds. The fourth-order valence-electron chi connectivity index (χ4n) is 5.61. The number of anilines is 2. The third-order valence-electron chi connectivity index (χ3n) is 7.68. The number of nitrogens with zero attached hydrogens (tertiary/aromatic N) is 2. The molecule has 4 aromatic rings. The Morgan fingerprint density at radius 3 is 2.33 bits per heavy atom. The molecule has 0 radical (unpaired) electrons. The van der Waals surface area contributed by atoms with Crippen molar-refractivity contribution >= 4 is 52.2 Å². The van der Waals surface area contributed by atoms with Gasteiger partial charge < -0.3 is 14.8 Å². The van der Waals surface area contributed by atoms with Crippen LogP contribution in [0, 0.1) is 11.7 Å². The van der Waals surface area contributed by atoms with Gasteiger partial charge in [0.05, 0.1) is 36.4 Å². The SMILES string of the molecule is COc1ccc([C@@H]2c3sc(=O)n(CC(=O)Nc4ccc(F)cc4)c3S[C@@H]3C(=O)N(c4cccc(C(F)(F)F)c4)C(=O)[C@H]23)cc1OC. The first-order valence-corrected chi connectivity index (χ1v) is 15.3. The molecule has 0 aliphatic carbocycles. The highest BCUT2D eigenvalue weighted by Gasteiger charge is 2.57. The van der Waals surface area contributed by atoms with E-state index in [-0.39, 0.29) is 10.7 Å². The van der Waals surface area contributed by atoms with Crippen LogP contribution in [0.4, 0.5) is 28.9 Å². The van der Waals surface area contributed by atoms with Crippen LogP contribution in [0.2, 0.25) is 0 Å². The maximum absolute atomic E-state index is 14.1. The van der Waals surface area contributed by atoms with Gasteiger partial charge in [-0.05, 0) is 60.2 Å². The minimum Gasteiger partial charge on any atom is -0.493 e. The molecule has 238 valence electrons. The third-order valence-corrected chi connectivity index (χ3v) is 10.3. The van der Waals surface area contributed by atoms with Crippen LogP contribution in [0.1, 0.15) is 21.9 Å². The number of hydrogen-bond acceptors (Lipinski definition) is 8. The minimum absolute atomic E-state index is 0.231. The van der Waals surface area contributed by atoms with Gasteiger partial charge in [-0.2, -0.15) is 13.2 Å². The van der Waals surface area contributed by atoms with E-state index in [2.05, 4.69) is 5.32 Å². The van der Waals surface area contributed by atoms with Crippen molar-refractivity contribution in [1.82, 2.24) is 4.57 Å². The monoisotopic (exact) mass is 673 g/mol. The van der Waals surface area contributed by atoms with Crippen LogP contribution in [0.5, 0.6) is 11.5 Å². The Labute approximate surface area is 266 Å². The van der Waals surface area contributed by atoms with Crippen LogP contribution >= 0.6 is 23.1 Å². The molecule has 1 aromatic heterocycles. The average molecular weight is 674 g/mol. The van der Waals surface area contributed by atoms with Gasteiger partial charge in [-0.1, -0.05) is 35.2 Å². The van der Waals surface area contributed by atoms with E-state index in [1.54, 1.807) is 18.2 Å². The van der Waals surface area contributed by atoms with Gasteiger partial charge in [0.15, 0.2) is 11.5 Å². The number of halogens is 4. The molecular weight excluding hydrogens is 650 g/mol. The summed E-state index contributed by atoms with van der Waals surface area (Å²) < 4.78 is 66.0. The van der Waals surface area contributed by atoms with Gasteiger partial charge in [0.2, 0.25) is 17.7 Å². The van der Waals surface area contributed by atoms with E-state index in [1.807, 2.05) is 0 Å². The van der Waals surface area contributed by atoms with E-state index in [4.69, 9.17) is 9.47 Å². The van der Waals surface area contributed by atoms with E-state index in [9.17, 15) is 36.7 Å². The van der Waals surface area contributed by atoms with Crippen molar-refractivity contribution in [2.75, 3.05) is 24.4 Å². The second kappa shape index (κ2) is 11.9. The van der Waals surface area contributed by atoms with Gasteiger partial charge in [0.1, 0.15) is 17.6 Å². The number of rotatable bonds is 7. The van der Waals surface area contributed by atoms with Gasteiger partial charge >= 0.3 is 11.0 Å². The van der Waals surface area contributed by atoms with Gasteiger partial charge in [0, 0.05) is 16.5 Å². The standard InChI is InChI=1S/C31H23F4N3O6S2/c1-43-20-11-6-15(12-21(20)44-2)23-24-25(28(41)38(27(24)40)19-5-3-4-16(13-19)31(33,34)35)45-29-26(23)46-30(42)37(29)14-22(39)36-18-9-7-17(32)8-10-18/h3-13,23-25H,14H2,1-2H3,(H,36,39)/t23-,24+,25-/m0/s1. The first-order chi connectivity index (χ1) is 21.9. The zero-order valence-corrected chi connectivity index (χ0v) is 25.6. The topological polar surface area (TPSA) is 107 Å². The van der Waals surface area contributed by atoms with E-state index in [0.29, 0.717) is 27.6 Å². The molecule has 0 bridgehead atoms. The number of methoxy groups -OCH3 is 2. The number of imide groups is 1. The van der Waals surface area contributed by atoms with E-state index < -0.39 is 63.8 Å². The molecule has 0 saturated carbocycles.